The zero-order valence-corrected chi connectivity index (χ0v) is 14.6. The average molecular weight is 379 g/mol. The Kier molecular flexibility index (Phi) is 6.08. The highest BCUT2D eigenvalue weighted by atomic mass is 19.4. The number of alkyl halides is 3. The van der Waals surface area contributed by atoms with Crippen molar-refractivity contribution >= 4 is 5.91 Å². The molecule has 5 nitrogen and oxygen atoms in total. The molecule has 1 fully saturated rings. The molecule has 1 aliphatic rings. The normalized spacial score (nSPS) is 15.5. The second-order valence-corrected chi connectivity index (χ2v) is 6.21. The fraction of sp³-hybridized carbons (Fsp3) is 0.368. The van der Waals surface area contributed by atoms with Gasteiger partial charge in [0.1, 0.15) is 0 Å². The summed E-state index contributed by atoms with van der Waals surface area (Å²) in [7, 11) is 0. The van der Waals surface area contributed by atoms with Gasteiger partial charge in [0, 0.05) is 43.5 Å². The van der Waals surface area contributed by atoms with Gasteiger partial charge < -0.3 is 10.1 Å². The maximum Gasteiger partial charge on any atom is 0.416 e. The first-order chi connectivity index (χ1) is 12.9. The summed E-state index contributed by atoms with van der Waals surface area (Å²) in [4.78, 5) is 18.4. The van der Waals surface area contributed by atoms with E-state index in [1.54, 1.807) is 24.3 Å². The molecule has 0 atom stereocenters. The summed E-state index contributed by atoms with van der Waals surface area (Å²) in [6, 6.07) is 8.29. The van der Waals surface area contributed by atoms with E-state index in [1.165, 1.54) is 0 Å². The van der Waals surface area contributed by atoms with Crippen molar-refractivity contribution in [3.8, 4) is 11.3 Å². The van der Waals surface area contributed by atoms with Gasteiger partial charge >= 0.3 is 6.18 Å². The van der Waals surface area contributed by atoms with E-state index < -0.39 is 11.7 Å². The Balaban J connectivity index is 1.59. The van der Waals surface area contributed by atoms with Crippen LogP contribution in [-0.2, 0) is 10.9 Å². The molecule has 1 saturated heterocycles. The quantitative estimate of drug-likeness (QED) is 0.868. The topological polar surface area (TPSA) is 54.5 Å². The Labute approximate surface area is 155 Å². The van der Waals surface area contributed by atoms with E-state index in [9.17, 15) is 18.0 Å². The molecule has 0 radical (unpaired) electrons. The minimum atomic E-state index is -4.42. The summed E-state index contributed by atoms with van der Waals surface area (Å²) in [6.45, 7) is 4.40. The maximum atomic E-state index is 12.8. The highest BCUT2D eigenvalue weighted by Gasteiger charge is 2.30. The number of benzene rings is 1. The molecule has 2 heterocycles. The van der Waals surface area contributed by atoms with Crippen LogP contribution in [0.15, 0.2) is 42.6 Å². The van der Waals surface area contributed by atoms with Crippen LogP contribution in [0.2, 0.25) is 0 Å². The van der Waals surface area contributed by atoms with Gasteiger partial charge in [-0.25, -0.2) is 0 Å². The zero-order chi connectivity index (χ0) is 19.3. The molecule has 1 aliphatic heterocycles. The molecule has 144 valence electrons. The molecule has 27 heavy (non-hydrogen) atoms. The standard InChI is InChI=1S/C19H20F3N3O2/c20-19(21,22)16-5-6-23-17(13-16)14-1-3-15(4-2-14)18(26)24-7-8-25-9-11-27-12-10-25/h1-6,13H,7-12H2,(H,24,26). The number of amides is 1. The summed E-state index contributed by atoms with van der Waals surface area (Å²) in [6.07, 6.45) is -3.29. The Hall–Kier alpha value is -2.45. The Morgan fingerprint density at radius 3 is 2.52 bits per heavy atom. The molecule has 0 aliphatic carbocycles. The van der Waals surface area contributed by atoms with Gasteiger partial charge in [-0.1, -0.05) is 12.1 Å². The molecule has 1 N–H and O–H groups in total. The van der Waals surface area contributed by atoms with E-state index in [0.29, 0.717) is 30.9 Å². The summed E-state index contributed by atoms with van der Waals surface area (Å²) >= 11 is 0. The van der Waals surface area contributed by atoms with Gasteiger partial charge in [-0.3, -0.25) is 14.7 Å². The Morgan fingerprint density at radius 1 is 1.15 bits per heavy atom. The van der Waals surface area contributed by atoms with Crippen molar-refractivity contribution in [1.82, 2.24) is 15.2 Å². The fourth-order valence-electron chi connectivity index (χ4n) is 2.81. The maximum absolute atomic E-state index is 12.8. The molecule has 0 unspecified atom stereocenters. The number of nitrogens with zero attached hydrogens (tertiary/aromatic N) is 2. The number of pyridine rings is 1. The molecular formula is C19H20F3N3O2. The van der Waals surface area contributed by atoms with Crippen LogP contribution in [-0.4, -0.2) is 55.2 Å². The van der Waals surface area contributed by atoms with E-state index in [2.05, 4.69) is 15.2 Å². The first kappa shape index (κ1) is 19.3. The molecule has 1 aromatic heterocycles. The number of nitrogens with one attached hydrogen (secondary N) is 1. The SMILES string of the molecule is O=C(NCCN1CCOCC1)c1ccc(-c2cc(C(F)(F)F)ccn2)cc1. The molecule has 1 aromatic carbocycles. The van der Waals surface area contributed by atoms with Crippen molar-refractivity contribution in [1.29, 1.82) is 0 Å². The molecule has 0 saturated carbocycles. The third kappa shape index (κ3) is 5.27. The number of carbonyl (C=O) groups is 1. The number of ether oxygens (including phenoxy) is 1. The van der Waals surface area contributed by atoms with E-state index in [-0.39, 0.29) is 11.6 Å². The lowest BCUT2D eigenvalue weighted by Gasteiger charge is -2.26. The Morgan fingerprint density at radius 2 is 1.85 bits per heavy atom. The van der Waals surface area contributed by atoms with Crippen LogP contribution >= 0.6 is 0 Å². The lowest BCUT2D eigenvalue weighted by atomic mass is 10.1. The number of hydrogen-bond acceptors (Lipinski definition) is 4. The van der Waals surface area contributed by atoms with E-state index >= 15 is 0 Å². The lowest BCUT2D eigenvalue weighted by Crippen LogP contribution is -2.41. The number of morpholine rings is 1. The first-order valence-electron chi connectivity index (χ1n) is 8.65. The van der Waals surface area contributed by atoms with Crippen LogP contribution in [0.3, 0.4) is 0 Å². The second kappa shape index (κ2) is 8.49. The molecule has 1 amide bonds. The number of halogens is 3. The average Bonchev–Trinajstić information content (AvgIpc) is 2.68. The largest absolute Gasteiger partial charge is 0.416 e. The summed E-state index contributed by atoms with van der Waals surface area (Å²) in [5.41, 5.74) is 0.431. The van der Waals surface area contributed by atoms with Gasteiger partial charge in [0.25, 0.3) is 5.91 Å². The number of hydrogen-bond donors (Lipinski definition) is 1. The number of rotatable bonds is 5. The summed E-state index contributed by atoms with van der Waals surface area (Å²) in [5, 5.41) is 2.85. The highest BCUT2D eigenvalue weighted by Crippen LogP contribution is 2.31. The highest BCUT2D eigenvalue weighted by molar-refractivity contribution is 5.94. The molecule has 2 aromatic rings. The van der Waals surface area contributed by atoms with Crippen LogP contribution in [0.4, 0.5) is 13.2 Å². The first-order valence-corrected chi connectivity index (χ1v) is 8.65. The van der Waals surface area contributed by atoms with Gasteiger partial charge in [-0.05, 0) is 24.3 Å². The third-order valence-electron chi connectivity index (χ3n) is 4.35. The monoisotopic (exact) mass is 379 g/mol. The van der Waals surface area contributed by atoms with Crippen LogP contribution in [0, 0.1) is 0 Å². The van der Waals surface area contributed by atoms with Crippen molar-refractivity contribution in [2.75, 3.05) is 39.4 Å². The predicted octanol–water partition coefficient (Wildman–Crippen LogP) is 2.83. The number of aromatic nitrogens is 1. The van der Waals surface area contributed by atoms with Gasteiger partial charge in [-0.2, -0.15) is 13.2 Å². The minimum absolute atomic E-state index is 0.212. The van der Waals surface area contributed by atoms with E-state index in [4.69, 9.17) is 4.74 Å². The number of carbonyl (C=O) groups excluding carboxylic acids is 1. The summed E-state index contributed by atoms with van der Waals surface area (Å²) < 4.78 is 43.7. The fourth-order valence-corrected chi connectivity index (χ4v) is 2.81. The summed E-state index contributed by atoms with van der Waals surface area (Å²) in [5.74, 6) is -0.216. The van der Waals surface area contributed by atoms with Gasteiger partial charge in [0.05, 0.1) is 24.5 Å². The molecule has 8 heteroatoms. The molecule has 3 rings (SSSR count). The van der Waals surface area contributed by atoms with Crippen molar-refractivity contribution in [3.63, 3.8) is 0 Å². The van der Waals surface area contributed by atoms with Crippen LogP contribution in [0.5, 0.6) is 0 Å². The van der Waals surface area contributed by atoms with Crippen LogP contribution in [0.1, 0.15) is 15.9 Å². The molecule has 0 bridgehead atoms. The smallest absolute Gasteiger partial charge is 0.379 e. The van der Waals surface area contributed by atoms with Gasteiger partial charge in [0.15, 0.2) is 0 Å². The Bertz CT molecular complexity index is 773. The van der Waals surface area contributed by atoms with Crippen LogP contribution < -0.4 is 5.32 Å². The van der Waals surface area contributed by atoms with Crippen molar-refractivity contribution in [2.45, 2.75) is 6.18 Å². The van der Waals surface area contributed by atoms with Crippen molar-refractivity contribution < 1.29 is 22.7 Å². The third-order valence-corrected chi connectivity index (χ3v) is 4.35. The predicted molar refractivity (Wildman–Crippen MR) is 94.3 cm³/mol. The zero-order valence-electron chi connectivity index (χ0n) is 14.6. The van der Waals surface area contributed by atoms with Crippen LogP contribution in [0.25, 0.3) is 11.3 Å². The van der Waals surface area contributed by atoms with Crippen molar-refractivity contribution in [3.05, 3.63) is 53.7 Å². The van der Waals surface area contributed by atoms with E-state index in [0.717, 1.165) is 38.0 Å². The van der Waals surface area contributed by atoms with Crippen molar-refractivity contribution in [2.24, 2.45) is 0 Å². The molecule has 0 spiro atoms. The van der Waals surface area contributed by atoms with E-state index in [1.807, 2.05) is 0 Å². The second-order valence-electron chi connectivity index (χ2n) is 6.21. The van der Waals surface area contributed by atoms with Gasteiger partial charge in [0.2, 0.25) is 0 Å². The lowest BCUT2D eigenvalue weighted by molar-refractivity contribution is -0.137. The van der Waals surface area contributed by atoms with Gasteiger partial charge in [-0.15, -0.1) is 0 Å². The minimum Gasteiger partial charge on any atom is -0.379 e. The molecular weight excluding hydrogens is 359 g/mol.